The molecule has 270 valence electrons. The molecule has 0 bridgehead atoms. The van der Waals surface area contributed by atoms with Crippen molar-refractivity contribution < 1.29 is 4.42 Å². The molecule has 11 aromatic rings. The molecule has 0 aliphatic carbocycles. The fourth-order valence-electron chi connectivity index (χ4n) is 8.81. The summed E-state index contributed by atoms with van der Waals surface area (Å²) in [6, 6.07) is 64.5. The first-order valence-electron chi connectivity index (χ1n) is 19.3. The van der Waals surface area contributed by atoms with E-state index in [0.717, 1.165) is 61.3 Å². The lowest BCUT2D eigenvalue weighted by Crippen LogP contribution is -2.31. The minimum absolute atomic E-state index is 0.235. The van der Waals surface area contributed by atoms with Gasteiger partial charge in [0.25, 0.3) is 0 Å². The van der Waals surface area contributed by atoms with Crippen molar-refractivity contribution >= 4 is 81.1 Å². The van der Waals surface area contributed by atoms with Gasteiger partial charge in [-0.25, -0.2) is 0 Å². The van der Waals surface area contributed by atoms with Crippen LogP contribution in [0.5, 0.6) is 0 Å². The van der Waals surface area contributed by atoms with Crippen LogP contribution in [0.4, 0.5) is 0 Å². The van der Waals surface area contributed by atoms with Crippen LogP contribution in [0.3, 0.4) is 0 Å². The van der Waals surface area contributed by atoms with Gasteiger partial charge < -0.3 is 24.6 Å². The summed E-state index contributed by atoms with van der Waals surface area (Å²) >= 11 is 1.82. The number of nitrogens with one attached hydrogen (secondary N) is 1. The minimum Gasteiger partial charge on any atom is -0.455 e. The number of benzene rings is 8. The van der Waals surface area contributed by atoms with Crippen LogP contribution >= 0.6 is 11.3 Å². The van der Waals surface area contributed by atoms with Crippen molar-refractivity contribution in [3.8, 4) is 16.8 Å². The maximum atomic E-state index is 6.86. The molecule has 5 nitrogen and oxygen atoms in total. The highest BCUT2D eigenvalue weighted by Gasteiger charge is 2.22. The molecule has 0 amide bonds. The van der Waals surface area contributed by atoms with Crippen LogP contribution in [0.15, 0.2) is 191 Å². The first-order chi connectivity index (χ1) is 28.2. The number of furan rings is 1. The molecule has 12 rings (SSSR count). The van der Waals surface area contributed by atoms with Crippen LogP contribution < -0.4 is 5.32 Å². The van der Waals surface area contributed by atoms with Gasteiger partial charge in [0.1, 0.15) is 11.2 Å². The van der Waals surface area contributed by atoms with Crippen LogP contribution in [0.1, 0.15) is 29.0 Å². The second-order valence-electron chi connectivity index (χ2n) is 14.7. The Morgan fingerprint density at radius 1 is 0.561 bits per heavy atom. The smallest absolute Gasteiger partial charge is 0.143 e. The van der Waals surface area contributed by atoms with Gasteiger partial charge in [0.2, 0.25) is 0 Å². The molecule has 0 spiro atoms. The zero-order valence-electron chi connectivity index (χ0n) is 30.6. The van der Waals surface area contributed by atoms with Crippen LogP contribution in [0, 0.1) is 0 Å². The molecule has 1 aliphatic rings. The maximum Gasteiger partial charge on any atom is 0.143 e. The zero-order valence-corrected chi connectivity index (χ0v) is 31.4. The molecule has 0 fully saturated rings. The summed E-state index contributed by atoms with van der Waals surface area (Å²) in [6.45, 7) is 0. The lowest BCUT2D eigenvalue weighted by atomic mass is 9.98. The highest BCUT2D eigenvalue weighted by atomic mass is 32.1. The molecule has 2 atom stereocenters. The Morgan fingerprint density at radius 2 is 1.28 bits per heavy atom. The molecule has 6 heteroatoms. The molecular formula is C51H33N4OS-. The molecule has 4 heterocycles. The Hall–Kier alpha value is -6.99. The number of amidine groups is 1. The van der Waals surface area contributed by atoms with E-state index in [1.165, 1.54) is 42.0 Å². The van der Waals surface area contributed by atoms with Gasteiger partial charge in [-0.2, -0.15) is 0 Å². The SMILES string of the molecule is c1ccc(C2=NC(c3cccc4sc5ccc(-c6cccc7c6oc6cc(-n8c9ccccc9c9ccccc98)ccc67)cc5c34)NC(c3ccccc3)[N-]2)cc1. The molecule has 2 unspecified atom stereocenters. The summed E-state index contributed by atoms with van der Waals surface area (Å²) in [5, 5.41) is 16.0. The molecule has 0 saturated heterocycles. The number of fused-ring (bicyclic) bond motifs is 9. The minimum atomic E-state index is -0.296. The second kappa shape index (κ2) is 12.8. The first kappa shape index (κ1) is 32.3. The molecule has 3 aromatic heterocycles. The van der Waals surface area contributed by atoms with Gasteiger partial charge in [-0.15, -0.1) is 11.3 Å². The van der Waals surface area contributed by atoms with Crippen molar-refractivity contribution in [3.05, 3.63) is 204 Å². The van der Waals surface area contributed by atoms with Gasteiger partial charge in [-0.1, -0.05) is 139 Å². The van der Waals surface area contributed by atoms with Crippen LogP contribution in [0.25, 0.3) is 86.0 Å². The summed E-state index contributed by atoms with van der Waals surface area (Å²) in [4.78, 5) is 5.27. The first-order valence-corrected chi connectivity index (χ1v) is 20.1. The third-order valence-corrected chi connectivity index (χ3v) is 12.6. The van der Waals surface area contributed by atoms with E-state index < -0.39 is 0 Å². The van der Waals surface area contributed by atoms with Crippen molar-refractivity contribution in [3.63, 3.8) is 0 Å². The number of aromatic nitrogens is 1. The Kier molecular flexibility index (Phi) is 7.24. The molecular weight excluding hydrogens is 717 g/mol. The maximum absolute atomic E-state index is 6.86. The van der Waals surface area contributed by atoms with Crippen molar-refractivity contribution in [1.82, 2.24) is 9.88 Å². The van der Waals surface area contributed by atoms with Crippen molar-refractivity contribution in [1.29, 1.82) is 0 Å². The third kappa shape index (κ3) is 5.15. The molecule has 0 radical (unpaired) electrons. The van der Waals surface area contributed by atoms with Gasteiger partial charge >= 0.3 is 0 Å². The third-order valence-electron chi connectivity index (χ3n) is 11.4. The fraction of sp³-hybridized carbons (Fsp3) is 0.0392. The van der Waals surface area contributed by atoms with Crippen molar-refractivity contribution in [2.45, 2.75) is 12.3 Å². The average Bonchev–Trinajstić information content (AvgIpc) is 3.96. The highest BCUT2D eigenvalue weighted by Crippen LogP contribution is 2.44. The number of aliphatic imine (C=N–C) groups is 1. The van der Waals surface area contributed by atoms with E-state index in [-0.39, 0.29) is 12.3 Å². The van der Waals surface area contributed by atoms with Crippen LogP contribution in [-0.2, 0) is 0 Å². The largest absolute Gasteiger partial charge is 0.455 e. The predicted octanol–water partition coefficient (Wildman–Crippen LogP) is 13.8. The van der Waals surface area contributed by atoms with Crippen molar-refractivity contribution in [2.75, 3.05) is 0 Å². The van der Waals surface area contributed by atoms with E-state index in [0.29, 0.717) is 0 Å². The molecule has 57 heavy (non-hydrogen) atoms. The van der Waals surface area contributed by atoms with Gasteiger partial charge in [0.05, 0.1) is 11.0 Å². The van der Waals surface area contributed by atoms with Gasteiger partial charge in [0.15, 0.2) is 0 Å². The number of thiophene rings is 1. The van der Waals surface area contributed by atoms with E-state index in [2.05, 4.69) is 168 Å². The summed E-state index contributed by atoms with van der Waals surface area (Å²) in [7, 11) is 0. The Labute approximate surface area is 332 Å². The van der Waals surface area contributed by atoms with E-state index >= 15 is 0 Å². The van der Waals surface area contributed by atoms with E-state index in [4.69, 9.17) is 14.7 Å². The number of rotatable bonds is 5. The average molecular weight is 750 g/mol. The van der Waals surface area contributed by atoms with Gasteiger partial charge in [-0.3, -0.25) is 0 Å². The quantitative estimate of drug-likeness (QED) is 0.190. The summed E-state index contributed by atoms with van der Waals surface area (Å²) in [5.74, 6) is 0.753. The topological polar surface area (TPSA) is 56.6 Å². The molecule has 1 N–H and O–H groups in total. The van der Waals surface area contributed by atoms with E-state index in [1.807, 2.05) is 35.6 Å². The van der Waals surface area contributed by atoms with Gasteiger partial charge in [-0.05, 0) is 64.7 Å². The molecule has 1 aliphatic heterocycles. The van der Waals surface area contributed by atoms with E-state index in [1.54, 1.807) is 0 Å². The lowest BCUT2D eigenvalue weighted by molar-refractivity contribution is 0.491. The fourth-order valence-corrected chi connectivity index (χ4v) is 9.93. The monoisotopic (exact) mass is 749 g/mol. The lowest BCUT2D eigenvalue weighted by Gasteiger charge is -2.40. The number of nitrogens with zero attached hydrogens (tertiary/aromatic N) is 3. The van der Waals surface area contributed by atoms with Crippen LogP contribution in [0.2, 0.25) is 0 Å². The van der Waals surface area contributed by atoms with Crippen molar-refractivity contribution in [2.24, 2.45) is 4.99 Å². The summed E-state index contributed by atoms with van der Waals surface area (Å²) in [5.41, 5.74) is 10.7. The van der Waals surface area contributed by atoms with Gasteiger partial charge in [0, 0.05) is 71.4 Å². The predicted molar refractivity (Wildman–Crippen MR) is 238 cm³/mol. The zero-order chi connectivity index (χ0) is 37.5. The number of hydrogen-bond donors (Lipinski definition) is 1. The Morgan fingerprint density at radius 3 is 2.09 bits per heavy atom. The second-order valence-corrected chi connectivity index (χ2v) is 15.8. The molecule has 8 aromatic carbocycles. The highest BCUT2D eigenvalue weighted by molar-refractivity contribution is 7.25. The Balaban J connectivity index is 0.996. The standard InChI is InChI=1S/C51H33N4OS/c1-3-13-31(14-4-1)49-52-50(32-15-5-2-6-16-32)54-51(53-49)40-21-12-24-46-47(40)41-29-33(25-28-45(41)57-46)35-19-11-20-39-38-27-26-34(30-44(38)56-48(35)39)55-42-22-9-7-17-36(42)37-18-8-10-23-43(37)55/h1-30,49,51,53H/q-1. The van der Waals surface area contributed by atoms with E-state index in [9.17, 15) is 0 Å². The number of hydrogen-bond acceptors (Lipinski definition) is 4. The Bertz CT molecular complexity index is 3320. The number of para-hydroxylation sites is 3. The normalized spacial score (nSPS) is 15.9. The summed E-state index contributed by atoms with van der Waals surface area (Å²) in [6.07, 6.45) is -0.531. The summed E-state index contributed by atoms with van der Waals surface area (Å²) < 4.78 is 11.7. The van der Waals surface area contributed by atoms with Crippen LogP contribution in [-0.4, -0.2) is 10.4 Å². The molecule has 0 saturated carbocycles.